The Balaban J connectivity index is 1.99. The van der Waals surface area contributed by atoms with Gasteiger partial charge in [0.1, 0.15) is 18.2 Å². The molecule has 0 aliphatic carbocycles. The summed E-state index contributed by atoms with van der Waals surface area (Å²) in [6.07, 6.45) is 2.98. The van der Waals surface area contributed by atoms with E-state index in [1.54, 1.807) is 30.3 Å². The molecule has 0 aliphatic rings. The van der Waals surface area contributed by atoms with E-state index < -0.39 is 18.4 Å². The van der Waals surface area contributed by atoms with E-state index in [1.165, 1.54) is 30.3 Å². The molecule has 4 nitrogen and oxygen atoms in total. The molecule has 0 bridgehead atoms. The van der Waals surface area contributed by atoms with Gasteiger partial charge in [-0.05, 0) is 48.0 Å². The molecule has 0 saturated heterocycles. The number of hydrogen-bond acceptors (Lipinski definition) is 4. The van der Waals surface area contributed by atoms with Gasteiger partial charge < -0.3 is 14.6 Å². The minimum atomic E-state index is -1.30. The molecule has 0 heterocycles. The maximum atomic E-state index is 12.8. The van der Waals surface area contributed by atoms with Crippen molar-refractivity contribution in [1.29, 1.82) is 0 Å². The van der Waals surface area contributed by atoms with Gasteiger partial charge in [-0.15, -0.1) is 0 Å². The number of rotatable bonds is 6. The summed E-state index contributed by atoms with van der Waals surface area (Å²) in [7, 11) is 0. The van der Waals surface area contributed by atoms with E-state index in [-0.39, 0.29) is 5.78 Å². The topological polar surface area (TPSA) is 66.4 Å². The molecule has 0 radical (unpaired) electrons. The summed E-state index contributed by atoms with van der Waals surface area (Å²) in [6.45, 7) is -0.516. The van der Waals surface area contributed by atoms with Gasteiger partial charge in [-0.2, -0.15) is 0 Å². The molecular formula is C17H12FO4-. The molecule has 0 atom stereocenters. The first kappa shape index (κ1) is 15.4. The fraction of sp³-hybridized carbons (Fsp3) is 0.0588. The van der Waals surface area contributed by atoms with Gasteiger partial charge >= 0.3 is 0 Å². The monoisotopic (exact) mass is 299 g/mol. The Hall–Kier alpha value is -2.95. The third-order valence-corrected chi connectivity index (χ3v) is 2.79. The SMILES string of the molecule is O=C([O-])COc1ccc(/C=C/C(=O)c2ccc(F)cc2)cc1. The van der Waals surface area contributed by atoms with Crippen LogP contribution in [0.2, 0.25) is 0 Å². The highest BCUT2D eigenvalue weighted by Gasteiger charge is 2.01. The molecule has 0 unspecified atom stereocenters. The highest BCUT2D eigenvalue weighted by atomic mass is 19.1. The van der Waals surface area contributed by atoms with Crippen LogP contribution in [0, 0.1) is 5.82 Å². The van der Waals surface area contributed by atoms with Crippen LogP contribution in [0.15, 0.2) is 54.6 Å². The molecule has 22 heavy (non-hydrogen) atoms. The van der Waals surface area contributed by atoms with Gasteiger partial charge in [0, 0.05) is 5.56 Å². The summed E-state index contributed by atoms with van der Waals surface area (Å²) in [5, 5.41) is 10.3. The maximum Gasteiger partial charge on any atom is 0.185 e. The van der Waals surface area contributed by atoms with Gasteiger partial charge in [0.2, 0.25) is 0 Å². The Morgan fingerprint density at radius 1 is 1.05 bits per heavy atom. The number of carbonyl (C=O) groups excluding carboxylic acids is 2. The van der Waals surface area contributed by atoms with Crippen LogP contribution in [0.1, 0.15) is 15.9 Å². The second-order valence-corrected chi connectivity index (χ2v) is 4.43. The van der Waals surface area contributed by atoms with Gasteiger partial charge in [0.05, 0.1) is 5.97 Å². The molecule has 2 aromatic rings. The predicted molar refractivity (Wildman–Crippen MR) is 76.7 cm³/mol. The van der Waals surface area contributed by atoms with Crippen LogP contribution in [-0.2, 0) is 4.79 Å². The number of carboxylic acids is 1. The van der Waals surface area contributed by atoms with E-state index >= 15 is 0 Å². The van der Waals surface area contributed by atoms with Crippen molar-refractivity contribution in [3.63, 3.8) is 0 Å². The number of aliphatic carboxylic acids is 1. The van der Waals surface area contributed by atoms with E-state index in [0.29, 0.717) is 11.3 Å². The van der Waals surface area contributed by atoms with Crippen LogP contribution in [-0.4, -0.2) is 18.4 Å². The lowest BCUT2D eigenvalue weighted by Crippen LogP contribution is -2.28. The van der Waals surface area contributed by atoms with Gasteiger partial charge in [-0.1, -0.05) is 18.2 Å². The van der Waals surface area contributed by atoms with Crippen molar-refractivity contribution in [2.75, 3.05) is 6.61 Å². The summed E-state index contributed by atoms with van der Waals surface area (Å²) in [6, 6.07) is 11.8. The van der Waals surface area contributed by atoms with Crippen LogP contribution in [0.5, 0.6) is 5.75 Å². The minimum Gasteiger partial charge on any atom is -0.546 e. The van der Waals surface area contributed by atoms with E-state index in [4.69, 9.17) is 4.74 Å². The molecule has 112 valence electrons. The molecule has 0 spiro atoms. The van der Waals surface area contributed by atoms with Crippen LogP contribution >= 0.6 is 0 Å². The highest BCUT2D eigenvalue weighted by molar-refractivity contribution is 6.06. The number of carboxylic acid groups (broad SMARTS) is 1. The number of halogens is 1. The number of ether oxygens (including phenoxy) is 1. The van der Waals surface area contributed by atoms with Crippen LogP contribution in [0.4, 0.5) is 4.39 Å². The van der Waals surface area contributed by atoms with Crippen LogP contribution in [0.25, 0.3) is 6.08 Å². The molecule has 2 rings (SSSR count). The molecular weight excluding hydrogens is 287 g/mol. The second kappa shape index (κ2) is 7.17. The molecule has 0 amide bonds. The van der Waals surface area contributed by atoms with Crippen molar-refractivity contribution < 1.29 is 23.8 Å². The first-order valence-corrected chi connectivity index (χ1v) is 6.45. The largest absolute Gasteiger partial charge is 0.546 e. The molecule has 0 aliphatic heterocycles. The second-order valence-electron chi connectivity index (χ2n) is 4.43. The summed E-state index contributed by atoms with van der Waals surface area (Å²) in [5.74, 6) is -1.54. The third-order valence-electron chi connectivity index (χ3n) is 2.79. The Labute approximate surface area is 126 Å². The first-order chi connectivity index (χ1) is 10.5. The molecule has 0 aromatic heterocycles. The van der Waals surface area contributed by atoms with Gasteiger partial charge in [-0.3, -0.25) is 4.79 Å². The summed E-state index contributed by atoms with van der Waals surface area (Å²) in [4.78, 5) is 22.1. The van der Waals surface area contributed by atoms with Crippen molar-refractivity contribution in [2.24, 2.45) is 0 Å². The van der Waals surface area contributed by atoms with Crippen LogP contribution in [0.3, 0.4) is 0 Å². The smallest absolute Gasteiger partial charge is 0.185 e. The van der Waals surface area contributed by atoms with E-state index in [9.17, 15) is 19.1 Å². The van der Waals surface area contributed by atoms with Crippen molar-refractivity contribution in [2.45, 2.75) is 0 Å². The lowest BCUT2D eigenvalue weighted by atomic mass is 10.1. The minimum absolute atomic E-state index is 0.239. The van der Waals surface area contributed by atoms with Crippen molar-refractivity contribution in [1.82, 2.24) is 0 Å². The lowest BCUT2D eigenvalue weighted by Gasteiger charge is -2.06. The zero-order valence-corrected chi connectivity index (χ0v) is 11.5. The Morgan fingerprint density at radius 2 is 1.68 bits per heavy atom. The summed E-state index contributed by atoms with van der Waals surface area (Å²) >= 11 is 0. The molecule has 0 fully saturated rings. The predicted octanol–water partition coefficient (Wildman–Crippen LogP) is 1.85. The van der Waals surface area contributed by atoms with Gasteiger partial charge in [0.15, 0.2) is 5.78 Å². The highest BCUT2D eigenvalue weighted by Crippen LogP contribution is 2.13. The average Bonchev–Trinajstić information content (AvgIpc) is 2.52. The zero-order chi connectivity index (χ0) is 15.9. The lowest BCUT2D eigenvalue weighted by molar-refractivity contribution is -0.307. The van der Waals surface area contributed by atoms with Gasteiger partial charge in [-0.25, -0.2) is 4.39 Å². The van der Waals surface area contributed by atoms with E-state index in [0.717, 1.165) is 5.56 Å². The number of ketones is 1. The maximum absolute atomic E-state index is 12.8. The number of carbonyl (C=O) groups is 2. The van der Waals surface area contributed by atoms with Crippen molar-refractivity contribution >= 4 is 17.8 Å². The fourth-order valence-corrected chi connectivity index (χ4v) is 1.70. The van der Waals surface area contributed by atoms with E-state index in [1.807, 2.05) is 0 Å². The molecule has 0 N–H and O–H groups in total. The number of benzene rings is 2. The third kappa shape index (κ3) is 4.56. The van der Waals surface area contributed by atoms with Crippen LogP contribution < -0.4 is 9.84 Å². The van der Waals surface area contributed by atoms with Crippen molar-refractivity contribution in [3.05, 3.63) is 71.6 Å². The Morgan fingerprint density at radius 3 is 2.27 bits per heavy atom. The molecule has 0 saturated carbocycles. The van der Waals surface area contributed by atoms with Crippen molar-refractivity contribution in [3.8, 4) is 5.75 Å². The summed E-state index contributed by atoms with van der Waals surface area (Å²) in [5.41, 5.74) is 1.14. The van der Waals surface area contributed by atoms with E-state index in [2.05, 4.69) is 0 Å². The summed E-state index contributed by atoms with van der Waals surface area (Å²) < 4.78 is 17.7. The molecule has 2 aromatic carbocycles. The quantitative estimate of drug-likeness (QED) is 0.603. The first-order valence-electron chi connectivity index (χ1n) is 6.45. The Bertz CT molecular complexity index is 688. The Kier molecular flexibility index (Phi) is 5.03. The fourth-order valence-electron chi connectivity index (χ4n) is 1.70. The van der Waals surface area contributed by atoms with Gasteiger partial charge in [0.25, 0.3) is 0 Å². The number of allylic oxidation sites excluding steroid dienone is 1. The average molecular weight is 299 g/mol. The standard InChI is InChI=1S/C17H13FO4/c18-14-6-4-13(5-7-14)16(19)10-3-12-1-8-15(9-2-12)22-11-17(20)21/h1-10H,11H2,(H,20,21)/p-1/b10-3+. The zero-order valence-electron chi connectivity index (χ0n) is 11.5. The number of hydrogen-bond donors (Lipinski definition) is 0. The normalized spacial score (nSPS) is 10.6. The molecule has 5 heteroatoms.